The molecule has 0 bridgehead atoms. The Labute approximate surface area is 126 Å². The number of nitrogens with one attached hydrogen (secondary N) is 2. The molecule has 0 saturated heterocycles. The van der Waals surface area contributed by atoms with E-state index in [0.717, 1.165) is 22.7 Å². The molecule has 0 aliphatic carbocycles. The Hall–Kier alpha value is -0.800. The molecule has 0 aromatic heterocycles. The average molecular weight is 299 g/mol. The highest BCUT2D eigenvalue weighted by atomic mass is 35.5. The van der Waals surface area contributed by atoms with Gasteiger partial charge in [-0.2, -0.15) is 0 Å². The van der Waals surface area contributed by atoms with Gasteiger partial charge in [0.1, 0.15) is 0 Å². The van der Waals surface area contributed by atoms with Crippen LogP contribution in [0.2, 0.25) is 5.02 Å². The molecule has 19 heavy (non-hydrogen) atoms. The fourth-order valence-electron chi connectivity index (χ4n) is 1.83. The molecule has 0 radical (unpaired) electrons. The number of thiocarbonyl (C=S) groups is 1. The predicted octanol–water partition coefficient (Wildman–Crippen LogP) is 4.90. The van der Waals surface area contributed by atoms with Crippen LogP contribution in [0, 0.1) is 6.92 Å². The molecule has 2 nitrogen and oxygen atoms in total. The zero-order valence-corrected chi connectivity index (χ0v) is 13.5. The lowest BCUT2D eigenvalue weighted by Gasteiger charge is -2.17. The Kier molecular flexibility index (Phi) is 7.17. The molecule has 1 aromatic carbocycles. The number of hydrogen-bond acceptors (Lipinski definition) is 1. The second kappa shape index (κ2) is 8.39. The molecule has 0 saturated carbocycles. The molecule has 0 spiro atoms. The molecule has 0 amide bonds. The summed E-state index contributed by atoms with van der Waals surface area (Å²) in [4.78, 5) is 0. The summed E-state index contributed by atoms with van der Waals surface area (Å²) < 4.78 is 0. The van der Waals surface area contributed by atoms with Crippen molar-refractivity contribution in [2.45, 2.75) is 52.5 Å². The van der Waals surface area contributed by atoms with E-state index in [1.807, 2.05) is 25.1 Å². The third-order valence-electron chi connectivity index (χ3n) is 3.05. The van der Waals surface area contributed by atoms with E-state index in [1.54, 1.807) is 0 Å². The highest BCUT2D eigenvalue weighted by Gasteiger charge is 2.05. The van der Waals surface area contributed by atoms with E-state index in [4.69, 9.17) is 23.8 Å². The maximum Gasteiger partial charge on any atom is 0.170 e. The Balaban J connectivity index is 2.39. The summed E-state index contributed by atoms with van der Waals surface area (Å²) >= 11 is 11.4. The Morgan fingerprint density at radius 1 is 1.37 bits per heavy atom. The van der Waals surface area contributed by atoms with Crippen molar-refractivity contribution in [3.8, 4) is 0 Å². The van der Waals surface area contributed by atoms with Crippen LogP contribution in [0.4, 0.5) is 5.69 Å². The van der Waals surface area contributed by atoms with E-state index >= 15 is 0 Å². The standard InChI is InChI=1S/C15H23ClN2S/c1-4-5-6-7-12(3)17-15(19)18-13-9-8-11(2)14(16)10-13/h8-10,12H,4-7H2,1-3H3,(H2,17,18,19). The number of aryl methyl sites for hydroxylation is 1. The summed E-state index contributed by atoms with van der Waals surface area (Å²) in [5, 5.41) is 7.88. The first-order chi connectivity index (χ1) is 9.02. The summed E-state index contributed by atoms with van der Waals surface area (Å²) in [5.41, 5.74) is 1.99. The molecular formula is C15H23ClN2S. The van der Waals surface area contributed by atoms with Gasteiger partial charge < -0.3 is 10.6 Å². The normalized spacial score (nSPS) is 12.0. The Bertz CT molecular complexity index is 421. The summed E-state index contributed by atoms with van der Waals surface area (Å²) in [5.74, 6) is 0. The molecule has 1 atom stereocenters. The van der Waals surface area contributed by atoms with E-state index in [9.17, 15) is 0 Å². The highest BCUT2D eigenvalue weighted by molar-refractivity contribution is 7.80. The zero-order chi connectivity index (χ0) is 14.3. The molecule has 0 aliphatic rings. The first kappa shape index (κ1) is 16.3. The molecule has 1 aromatic rings. The van der Waals surface area contributed by atoms with Crippen LogP contribution < -0.4 is 10.6 Å². The second-order valence-corrected chi connectivity index (χ2v) is 5.77. The first-order valence-electron chi connectivity index (χ1n) is 6.86. The smallest absolute Gasteiger partial charge is 0.170 e. The van der Waals surface area contributed by atoms with E-state index in [2.05, 4.69) is 24.5 Å². The second-order valence-electron chi connectivity index (χ2n) is 4.96. The van der Waals surface area contributed by atoms with Crippen molar-refractivity contribution in [3.05, 3.63) is 28.8 Å². The van der Waals surface area contributed by atoms with E-state index < -0.39 is 0 Å². The van der Waals surface area contributed by atoms with Crippen LogP contribution in [0.25, 0.3) is 0 Å². The van der Waals surface area contributed by atoms with Crippen molar-refractivity contribution < 1.29 is 0 Å². The third-order valence-corrected chi connectivity index (χ3v) is 3.67. The van der Waals surface area contributed by atoms with Crippen LogP contribution in [0.5, 0.6) is 0 Å². The average Bonchev–Trinajstić information content (AvgIpc) is 2.34. The van der Waals surface area contributed by atoms with Gasteiger partial charge in [0.2, 0.25) is 0 Å². The van der Waals surface area contributed by atoms with Gasteiger partial charge in [-0.15, -0.1) is 0 Å². The minimum absolute atomic E-state index is 0.396. The van der Waals surface area contributed by atoms with Gasteiger partial charge in [-0.25, -0.2) is 0 Å². The van der Waals surface area contributed by atoms with Gasteiger partial charge in [-0.1, -0.05) is 43.9 Å². The SMILES string of the molecule is CCCCCC(C)NC(=S)Nc1ccc(C)c(Cl)c1. The first-order valence-corrected chi connectivity index (χ1v) is 7.65. The van der Waals surface area contributed by atoms with Crippen LogP contribution in [-0.2, 0) is 0 Å². The largest absolute Gasteiger partial charge is 0.360 e. The van der Waals surface area contributed by atoms with Crippen molar-refractivity contribution in [1.29, 1.82) is 0 Å². The maximum absolute atomic E-state index is 6.08. The van der Waals surface area contributed by atoms with Crippen molar-refractivity contribution >= 4 is 34.6 Å². The minimum Gasteiger partial charge on any atom is -0.360 e. The number of unbranched alkanes of at least 4 members (excludes halogenated alkanes) is 2. The lowest BCUT2D eigenvalue weighted by atomic mass is 10.1. The minimum atomic E-state index is 0.396. The summed E-state index contributed by atoms with van der Waals surface area (Å²) in [6.07, 6.45) is 4.91. The van der Waals surface area contributed by atoms with Crippen molar-refractivity contribution in [2.75, 3.05) is 5.32 Å². The Morgan fingerprint density at radius 2 is 2.11 bits per heavy atom. The fourth-order valence-corrected chi connectivity index (χ4v) is 2.33. The van der Waals surface area contributed by atoms with Crippen LogP contribution in [0.1, 0.15) is 45.1 Å². The van der Waals surface area contributed by atoms with E-state index in [1.165, 1.54) is 19.3 Å². The third kappa shape index (κ3) is 6.26. The number of anilines is 1. The summed E-state index contributed by atoms with van der Waals surface area (Å²) in [6.45, 7) is 6.36. The van der Waals surface area contributed by atoms with Crippen molar-refractivity contribution in [1.82, 2.24) is 5.32 Å². The summed E-state index contributed by atoms with van der Waals surface area (Å²) in [6, 6.07) is 6.26. The zero-order valence-electron chi connectivity index (χ0n) is 11.9. The van der Waals surface area contributed by atoms with Crippen LogP contribution in [0.15, 0.2) is 18.2 Å². The monoisotopic (exact) mass is 298 g/mol. The predicted molar refractivity (Wildman–Crippen MR) is 89.1 cm³/mol. The van der Waals surface area contributed by atoms with Gasteiger partial charge in [-0.05, 0) is 50.2 Å². The number of rotatable bonds is 6. The molecule has 1 unspecified atom stereocenters. The van der Waals surface area contributed by atoms with Gasteiger partial charge in [0.15, 0.2) is 5.11 Å². The van der Waals surface area contributed by atoms with Crippen LogP contribution >= 0.6 is 23.8 Å². The lowest BCUT2D eigenvalue weighted by molar-refractivity contribution is 0.556. The molecule has 0 fully saturated rings. The molecule has 106 valence electrons. The number of benzene rings is 1. The molecule has 4 heteroatoms. The van der Waals surface area contributed by atoms with Gasteiger partial charge in [0.25, 0.3) is 0 Å². The lowest BCUT2D eigenvalue weighted by Crippen LogP contribution is -2.35. The molecule has 2 N–H and O–H groups in total. The molecule has 0 heterocycles. The number of halogens is 1. The van der Waals surface area contributed by atoms with Gasteiger partial charge in [0.05, 0.1) is 0 Å². The topological polar surface area (TPSA) is 24.1 Å². The van der Waals surface area contributed by atoms with Gasteiger partial charge in [-0.3, -0.25) is 0 Å². The highest BCUT2D eigenvalue weighted by Crippen LogP contribution is 2.19. The molecular weight excluding hydrogens is 276 g/mol. The van der Waals surface area contributed by atoms with Crippen LogP contribution in [-0.4, -0.2) is 11.2 Å². The molecule has 1 rings (SSSR count). The van der Waals surface area contributed by atoms with Gasteiger partial charge in [0, 0.05) is 16.8 Å². The van der Waals surface area contributed by atoms with Crippen molar-refractivity contribution in [3.63, 3.8) is 0 Å². The van der Waals surface area contributed by atoms with E-state index in [0.29, 0.717) is 11.2 Å². The quantitative estimate of drug-likeness (QED) is 0.577. The molecule has 0 aliphatic heterocycles. The van der Waals surface area contributed by atoms with Gasteiger partial charge >= 0.3 is 0 Å². The summed E-state index contributed by atoms with van der Waals surface area (Å²) in [7, 11) is 0. The van der Waals surface area contributed by atoms with E-state index in [-0.39, 0.29) is 0 Å². The van der Waals surface area contributed by atoms with Crippen molar-refractivity contribution in [2.24, 2.45) is 0 Å². The maximum atomic E-state index is 6.08. The fraction of sp³-hybridized carbons (Fsp3) is 0.533. The Morgan fingerprint density at radius 3 is 2.74 bits per heavy atom. The number of hydrogen-bond donors (Lipinski definition) is 2. The van der Waals surface area contributed by atoms with Crippen LogP contribution in [0.3, 0.4) is 0 Å².